The van der Waals surface area contributed by atoms with Crippen LogP contribution in [0.3, 0.4) is 0 Å². The molecule has 1 fully saturated rings. The monoisotopic (exact) mass is 274 g/mol. The van der Waals surface area contributed by atoms with E-state index < -0.39 is 0 Å². The van der Waals surface area contributed by atoms with E-state index in [-0.39, 0.29) is 0 Å². The zero-order valence-electron chi connectivity index (χ0n) is 11.3. The summed E-state index contributed by atoms with van der Waals surface area (Å²) in [7, 11) is 0. The SMILES string of the molecule is Cc1nc(N)c(C)c(N(Cc2cccs2)C2CC2)n1. The molecule has 0 atom stereocenters. The van der Waals surface area contributed by atoms with E-state index in [0.29, 0.717) is 11.9 Å². The van der Waals surface area contributed by atoms with E-state index in [0.717, 1.165) is 23.8 Å². The minimum Gasteiger partial charge on any atom is -0.383 e. The molecule has 19 heavy (non-hydrogen) atoms. The summed E-state index contributed by atoms with van der Waals surface area (Å²) in [5.41, 5.74) is 6.97. The van der Waals surface area contributed by atoms with Crippen LogP contribution < -0.4 is 10.6 Å². The van der Waals surface area contributed by atoms with Gasteiger partial charge in [0, 0.05) is 16.5 Å². The van der Waals surface area contributed by atoms with Crippen molar-refractivity contribution in [2.75, 3.05) is 10.6 Å². The van der Waals surface area contributed by atoms with Crippen LogP contribution >= 0.6 is 11.3 Å². The van der Waals surface area contributed by atoms with Crippen molar-refractivity contribution in [1.82, 2.24) is 9.97 Å². The van der Waals surface area contributed by atoms with Crippen molar-refractivity contribution >= 4 is 23.0 Å². The Hall–Kier alpha value is -1.62. The van der Waals surface area contributed by atoms with Crippen molar-refractivity contribution in [3.05, 3.63) is 33.8 Å². The topological polar surface area (TPSA) is 55.0 Å². The molecule has 2 heterocycles. The quantitative estimate of drug-likeness (QED) is 0.931. The van der Waals surface area contributed by atoms with Crippen LogP contribution in [0.2, 0.25) is 0 Å². The van der Waals surface area contributed by atoms with E-state index in [9.17, 15) is 0 Å². The predicted molar refractivity (Wildman–Crippen MR) is 79.4 cm³/mol. The zero-order valence-corrected chi connectivity index (χ0v) is 12.1. The van der Waals surface area contributed by atoms with Gasteiger partial charge in [0.15, 0.2) is 0 Å². The van der Waals surface area contributed by atoms with Crippen molar-refractivity contribution < 1.29 is 0 Å². The van der Waals surface area contributed by atoms with Gasteiger partial charge in [-0.2, -0.15) is 0 Å². The van der Waals surface area contributed by atoms with Gasteiger partial charge in [0.05, 0.1) is 6.54 Å². The molecular weight excluding hydrogens is 256 g/mol. The highest BCUT2D eigenvalue weighted by Crippen LogP contribution is 2.35. The Morgan fingerprint density at radius 1 is 1.37 bits per heavy atom. The van der Waals surface area contributed by atoms with Crippen LogP contribution in [-0.4, -0.2) is 16.0 Å². The van der Waals surface area contributed by atoms with Gasteiger partial charge in [0.1, 0.15) is 17.5 Å². The van der Waals surface area contributed by atoms with Crippen LogP contribution in [0, 0.1) is 13.8 Å². The lowest BCUT2D eigenvalue weighted by Crippen LogP contribution is -2.27. The van der Waals surface area contributed by atoms with E-state index >= 15 is 0 Å². The number of nitrogen functional groups attached to an aromatic ring is 1. The molecule has 0 radical (unpaired) electrons. The third-order valence-electron chi connectivity index (χ3n) is 3.44. The predicted octanol–water partition coefficient (Wildman–Crippen LogP) is 2.91. The highest BCUT2D eigenvalue weighted by atomic mass is 32.1. The van der Waals surface area contributed by atoms with E-state index in [1.165, 1.54) is 17.7 Å². The van der Waals surface area contributed by atoms with Crippen molar-refractivity contribution in [1.29, 1.82) is 0 Å². The molecule has 100 valence electrons. The number of aryl methyl sites for hydroxylation is 1. The van der Waals surface area contributed by atoms with Gasteiger partial charge in [-0.05, 0) is 38.1 Å². The molecule has 0 bridgehead atoms. The van der Waals surface area contributed by atoms with E-state index in [1.54, 1.807) is 11.3 Å². The smallest absolute Gasteiger partial charge is 0.137 e. The minimum absolute atomic E-state index is 0.597. The third-order valence-corrected chi connectivity index (χ3v) is 4.30. The van der Waals surface area contributed by atoms with Crippen LogP contribution in [0.1, 0.15) is 29.1 Å². The first-order chi connectivity index (χ1) is 9.15. The third kappa shape index (κ3) is 2.56. The Morgan fingerprint density at radius 2 is 2.16 bits per heavy atom. The molecule has 0 aromatic carbocycles. The van der Waals surface area contributed by atoms with Crippen molar-refractivity contribution in [3.63, 3.8) is 0 Å². The average molecular weight is 274 g/mol. The number of hydrogen-bond donors (Lipinski definition) is 1. The van der Waals surface area contributed by atoms with E-state index in [2.05, 4.69) is 32.4 Å². The van der Waals surface area contributed by atoms with Gasteiger partial charge in [0.2, 0.25) is 0 Å². The molecule has 2 aromatic rings. The Balaban J connectivity index is 1.96. The first-order valence-corrected chi connectivity index (χ1v) is 7.43. The second-order valence-electron chi connectivity index (χ2n) is 5.04. The van der Waals surface area contributed by atoms with E-state index in [4.69, 9.17) is 5.73 Å². The molecule has 2 N–H and O–H groups in total. The number of thiophene rings is 1. The van der Waals surface area contributed by atoms with Gasteiger partial charge < -0.3 is 10.6 Å². The standard InChI is InChI=1S/C14H18N4S/c1-9-13(15)16-10(2)17-14(9)18(11-5-6-11)8-12-4-3-7-19-12/h3-4,7,11H,5-6,8H2,1-2H3,(H2,15,16,17). The van der Waals surface area contributed by atoms with Crippen LogP contribution in [-0.2, 0) is 6.54 Å². The minimum atomic E-state index is 0.597. The summed E-state index contributed by atoms with van der Waals surface area (Å²) in [6, 6.07) is 4.87. The molecule has 1 saturated carbocycles. The lowest BCUT2D eigenvalue weighted by atomic mass is 10.2. The van der Waals surface area contributed by atoms with E-state index in [1.807, 2.05) is 13.8 Å². The molecule has 3 rings (SSSR count). The summed E-state index contributed by atoms with van der Waals surface area (Å²) in [5, 5.41) is 2.12. The molecule has 0 unspecified atom stereocenters. The molecule has 2 aromatic heterocycles. The Kier molecular flexibility index (Phi) is 3.14. The number of nitrogens with two attached hydrogens (primary N) is 1. The second kappa shape index (κ2) is 4.81. The van der Waals surface area contributed by atoms with Crippen molar-refractivity contribution in [3.8, 4) is 0 Å². The van der Waals surface area contributed by atoms with Crippen LogP contribution in [0.4, 0.5) is 11.6 Å². The van der Waals surface area contributed by atoms with Crippen molar-refractivity contribution in [2.24, 2.45) is 0 Å². The van der Waals surface area contributed by atoms with Crippen molar-refractivity contribution in [2.45, 2.75) is 39.3 Å². The summed E-state index contributed by atoms with van der Waals surface area (Å²) < 4.78 is 0. The van der Waals surface area contributed by atoms with Crippen LogP contribution in [0.25, 0.3) is 0 Å². The van der Waals surface area contributed by atoms with Crippen LogP contribution in [0.15, 0.2) is 17.5 Å². The van der Waals surface area contributed by atoms with Gasteiger partial charge in [-0.25, -0.2) is 9.97 Å². The molecule has 1 aliphatic rings. The number of anilines is 2. The summed E-state index contributed by atoms with van der Waals surface area (Å²) in [4.78, 5) is 12.6. The van der Waals surface area contributed by atoms with Gasteiger partial charge in [-0.1, -0.05) is 6.07 Å². The van der Waals surface area contributed by atoms with Gasteiger partial charge in [-0.15, -0.1) is 11.3 Å². The lowest BCUT2D eigenvalue weighted by molar-refractivity contribution is 0.774. The lowest BCUT2D eigenvalue weighted by Gasteiger charge is -2.25. The highest BCUT2D eigenvalue weighted by Gasteiger charge is 2.31. The number of hydrogen-bond acceptors (Lipinski definition) is 5. The number of aromatic nitrogens is 2. The molecule has 5 heteroatoms. The normalized spacial score (nSPS) is 14.6. The molecular formula is C14H18N4S. The first kappa shape index (κ1) is 12.4. The molecule has 0 saturated heterocycles. The Morgan fingerprint density at radius 3 is 2.79 bits per heavy atom. The van der Waals surface area contributed by atoms with Crippen LogP contribution in [0.5, 0.6) is 0 Å². The largest absolute Gasteiger partial charge is 0.383 e. The average Bonchev–Trinajstić information content (AvgIpc) is 3.09. The maximum absolute atomic E-state index is 5.98. The fourth-order valence-corrected chi connectivity index (χ4v) is 2.95. The summed E-state index contributed by atoms with van der Waals surface area (Å²) in [6.07, 6.45) is 2.49. The molecule has 0 amide bonds. The maximum Gasteiger partial charge on any atom is 0.137 e. The van der Waals surface area contributed by atoms with Gasteiger partial charge >= 0.3 is 0 Å². The fraction of sp³-hybridized carbons (Fsp3) is 0.429. The molecule has 0 spiro atoms. The second-order valence-corrected chi connectivity index (χ2v) is 6.08. The molecule has 0 aliphatic heterocycles. The maximum atomic E-state index is 5.98. The summed E-state index contributed by atoms with van der Waals surface area (Å²) in [5.74, 6) is 2.34. The summed E-state index contributed by atoms with van der Waals surface area (Å²) >= 11 is 1.79. The fourth-order valence-electron chi connectivity index (χ4n) is 2.25. The first-order valence-electron chi connectivity index (χ1n) is 6.55. The Labute approximate surface area is 117 Å². The van der Waals surface area contributed by atoms with Gasteiger partial charge in [-0.3, -0.25) is 0 Å². The number of rotatable bonds is 4. The molecule has 4 nitrogen and oxygen atoms in total. The Bertz CT molecular complexity index is 575. The number of nitrogens with zero attached hydrogens (tertiary/aromatic N) is 3. The highest BCUT2D eigenvalue weighted by molar-refractivity contribution is 7.09. The summed E-state index contributed by atoms with van der Waals surface area (Å²) in [6.45, 7) is 4.82. The zero-order chi connectivity index (χ0) is 13.4. The van der Waals surface area contributed by atoms with Gasteiger partial charge in [0.25, 0.3) is 0 Å². The molecule has 1 aliphatic carbocycles.